The van der Waals surface area contributed by atoms with Crippen LogP contribution in [0.4, 0.5) is 35.5 Å². The third-order valence-electron chi connectivity index (χ3n) is 9.25. The Balaban J connectivity index is 2.28. The monoisotopic (exact) mass is 746 g/mol. The molecule has 0 spiro atoms. The zero-order valence-electron chi connectivity index (χ0n) is 28.2. The Kier molecular flexibility index (Phi) is 11.7. The molecule has 1 aromatic carbocycles. The third kappa shape index (κ3) is 8.17. The molecule has 3 amide bonds. The number of likely N-dealkylation sites (tertiary alicyclic amines) is 1. The summed E-state index contributed by atoms with van der Waals surface area (Å²) in [7, 11) is 0.599. The van der Waals surface area contributed by atoms with Gasteiger partial charge in [-0.3, -0.25) is 19.5 Å². The maximum absolute atomic E-state index is 14.3. The summed E-state index contributed by atoms with van der Waals surface area (Å²) < 4.78 is 95.1. The fourth-order valence-corrected chi connectivity index (χ4v) is 6.28. The standard InChI is InChI=1S/C31H41F7N4O9/c1-6-19(30(36,37)38)16-20(9-10-27(33,34)35)26(4,45)39(5)25(44)42-23(22-8-7-21(32)15-17(22)2)28(46,47)24(29(48,49)31(42,50)51)41-13-11-40(12-14-41)18(3)43/h7-9,15-16,23-24,45-51H,6,10-14H2,1-5H3. The van der Waals surface area contributed by atoms with Crippen LogP contribution in [0.5, 0.6) is 0 Å². The van der Waals surface area contributed by atoms with Gasteiger partial charge in [-0.15, -0.1) is 0 Å². The first-order chi connectivity index (χ1) is 23.0. The normalized spacial score (nSPS) is 24.3. The molecule has 0 aromatic heterocycles. The first kappa shape index (κ1) is 42.0. The van der Waals surface area contributed by atoms with E-state index in [-0.39, 0.29) is 59.6 Å². The van der Waals surface area contributed by atoms with Crippen LogP contribution in [0.1, 0.15) is 50.8 Å². The van der Waals surface area contributed by atoms with E-state index in [9.17, 15) is 76.1 Å². The number of hydrogen-bond acceptors (Lipinski definition) is 10. The van der Waals surface area contributed by atoms with Crippen molar-refractivity contribution >= 4 is 11.9 Å². The molecule has 0 radical (unpaired) electrons. The summed E-state index contributed by atoms with van der Waals surface area (Å²) in [6, 6.07) is -4.56. The molecule has 7 N–H and O–H groups in total. The molecule has 2 saturated heterocycles. The van der Waals surface area contributed by atoms with Gasteiger partial charge in [-0.05, 0) is 49.6 Å². The van der Waals surface area contributed by atoms with Crippen LogP contribution in [0.3, 0.4) is 0 Å². The number of allylic oxidation sites excluding steroid dienone is 2. The third-order valence-corrected chi connectivity index (χ3v) is 9.25. The van der Waals surface area contributed by atoms with Crippen LogP contribution >= 0.6 is 0 Å². The van der Waals surface area contributed by atoms with Gasteiger partial charge in [0, 0.05) is 51.3 Å². The maximum Gasteiger partial charge on any atom is 0.412 e. The van der Waals surface area contributed by atoms with Crippen LogP contribution < -0.4 is 0 Å². The van der Waals surface area contributed by atoms with E-state index in [1.807, 2.05) is 0 Å². The summed E-state index contributed by atoms with van der Waals surface area (Å²) in [6.07, 6.45) is -12.5. The molecule has 3 rings (SSSR count). The molecular formula is C31H41F7N4O9. The van der Waals surface area contributed by atoms with Gasteiger partial charge in [0.1, 0.15) is 17.9 Å². The van der Waals surface area contributed by atoms with Gasteiger partial charge < -0.3 is 40.6 Å². The van der Waals surface area contributed by atoms with Crippen molar-refractivity contribution in [1.29, 1.82) is 0 Å². The van der Waals surface area contributed by atoms with Crippen molar-refractivity contribution in [2.24, 2.45) is 0 Å². The molecule has 3 atom stereocenters. The number of halogens is 7. The number of alkyl halides is 6. The SMILES string of the molecule is CCC(=CC(=CCC(F)(F)F)C(C)(O)N(C)C(=O)N1C(c2ccc(F)cc2C)C(O)(O)C(N2CCN(C(C)=O)CC2)C(O)(O)C1(O)O)C(F)(F)F. The zero-order valence-corrected chi connectivity index (χ0v) is 28.2. The van der Waals surface area contributed by atoms with E-state index < -0.39 is 89.0 Å². The number of aryl methyl sites for hydroxylation is 1. The molecule has 13 nitrogen and oxygen atoms in total. The summed E-state index contributed by atoms with van der Waals surface area (Å²) in [5.74, 6) is -13.4. The van der Waals surface area contributed by atoms with Crippen LogP contribution in [-0.2, 0) is 4.79 Å². The lowest BCUT2D eigenvalue weighted by Crippen LogP contribution is -2.86. The molecule has 0 bridgehead atoms. The molecule has 0 aliphatic carbocycles. The summed E-state index contributed by atoms with van der Waals surface area (Å²) in [5, 5.41) is 80.7. The van der Waals surface area contributed by atoms with E-state index in [4.69, 9.17) is 0 Å². The van der Waals surface area contributed by atoms with Crippen molar-refractivity contribution in [2.75, 3.05) is 33.2 Å². The molecule has 51 heavy (non-hydrogen) atoms. The lowest BCUT2D eigenvalue weighted by Gasteiger charge is -2.61. The number of carbonyl (C=O) groups is 2. The first-order valence-corrected chi connectivity index (χ1v) is 15.5. The maximum atomic E-state index is 14.3. The topological polar surface area (TPSA) is 189 Å². The second-order valence-corrected chi connectivity index (χ2v) is 12.7. The van der Waals surface area contributed by atoms with E-state index in [1.54, 1.807) is 0 Å². The average molecular weight is 747 g/mol. The minimum atomic E-state index is -5.11. The average Bonchev–Trinajstić information content (AvgIpc) is 2.97. The Hall–Kier alpha value is -3.37. The molecule has 1 aromatic rings. The van der Waals surface area contributed by atoms with Gasteiger partial charge >= 0.3 is 24.3 Å². The highest BCUT2D eigenvalue weighted by molar-refractivity contribution is 5.77. The molecule has 288 valence electrons. The fraction of sp³-hybridized carbons (Fsp3) is 0.613. The number of likely N-dealkylation sites (N-methyl/N-ethyl adjacent to an activating group) is 1. The van der Waals surface area contributed by atoms with Gasteiger partial charge in [0.15, 0.2) is 5.72 Å². The van der Waals surface area contributed by atoms with Gasteiger partial charge in [-0.2, -0.15) is 26.3 Å². The second kappa shape index (κ2) is 14.2. The highest BCUT2D eigenvalue weighted by Crippen LogP contribution is 2.51. The number of piperidine rings is 1. The van der Waals surface area contributed by atoms with Crippen molar-refractivity contribution < 1.29 is 76.1 Å². The van der Waals surface area contributed by atoms with E-state index in [0.717, 1.165) is 30.0 Å². The largest absolute Gasteiger partial charge is 0.412 e. The Labute approximate surface area is 287 Å². The van der Waals surface area contributed by atoms with Gasteiger partial charge in [0.2, 0.25) is 11.7 Å². The van der Waals surface area contributed by atoms with Gasteiger partial charge in [-0.25, -0.2) is 9.18 Å². The lowest BCUT2D eigenvalue weighted by molar-refractivity contribution is -0.483. The summed E-state index contributed by atoms with van der Waals surface area (Å²) >= 11 is 0. The molecule has 2 aliphatic heterocycles. The van der Waals surface area contributed by atoms with Crippen LogP contribution in [-0.4, -0.2) is 142 Å². The number of rotatable bonds is 7. The summed E-state index contributed by atoms with van der Waals surface area (Å²) in [6.45, 7) is 3.16. The quantitative estimate of drug-likeness (QED) is 0.123. The zero-order chi connectivity index (χ0) is 39.3. The number of amides is 3. The van der Waals surface area contributed by atoms with Crippen LogP contribution in [0, 0.1) is 12.7 Å². The van der Waals surface area contributed by atoms with E-state index in [2.05, 4.69) is 0 Å². The molecular weight excluding hydrogens is 705 g/mol. The Morgan fingerprint density at radius 1 is 1.00 bits per heavy atom. The molecule has 2 heterocycles. The van der Waals surface area contributed by atoms with E-state index in [0.29, 0.717) is 14.0 Å². The van der Waals surface area contributed by atoms with Crippen LogP contribution in [0.2, 0.25) is 0 Å². The Bertz CT molecular complexity index is 1540. The summed E-state index contributed by atoms with van der Waals surface area (Å²) in [5.41, 5.74) is -6.40. The molecule has 2 aliphatic rings. The first-order valence-electron chi connectivity index (χ1n) is 15.5. The number of piperazine rings is 1. The second-order valence-electron chi connectivity index (χ2n) is 12.7. The van der Waals surface area contributed by atoms with E-state index in [1.165, 1.54) is 18.7 Å². The highest BCUT2D eigenvalue weighted by atomic mass is 19.4. The summed E-state index contributed by atoms with van der Waals surface area (Å²) in [4.78, 5) is 28.1. The minimum absolute atomic E-state index is 0.0144. The van der Waals surface area contributed by atoms with Crippen LogP contribution in [0.25, 0.3) is 0 Å². The predicted molar refractivity (Wildman–Crippen MR) is 162 cm³/mol. The van der Waals surface area contributed by atoms with Crippen molar-refractivity contribution in [2.45, 2.75) is 88.2 Å². The number of carbonyl (C=O) groups excluding carboxylic acids is 2. The van der Waals surface area contributed by atoms with Crippen molar-refractivity contribution in [3.63, 3.8) is 0 Å². The number of hydrogen-bond donors (Lipinski definition) is 7. The van der Waals surface area contributed by atoms with Crippen molar-refractivity contribution in [3.05, 3.63) is 58.4 Å². The van der Waals surface area contributed by atoms with E-state index >= 15 is 0 Å². The van der Waals surface area contributed by atoms with Gasteiger partial charge in [-0.1, -0.05) is 19.1 Å². The van der Waals surface area contributed by atoms with Gasteiger partial charge in [0.05, 0.1) is 6.42 Å². The smallest absolute Gasteiger partial charge is 0.367 e. The number of aliphatic hydroxyl groups is 7. The van der Waals surface area contributed by atoms with Gasteiger partial charge in [0.25, 0.3) is 5.79 Å². The lowest BCUT2D eigenvalue weighted by atomic mass is 9.77. The molecule has 20 heteroatoms. The van der Waals surface area contributed by atoms with Crippen molar-refractivity contribution in [1.82, 2.24) is 19.6 Å². The molecule has 3 unspecified atom stereocenters. The molecule has 2 fully saturated rings. The number of urea groups is 1. The van der Waals surface area contributed by atoms with Crippen LogP contribution in [0.15, 0.2) is 41.5 Å². The number of benzene rings is 1. The predicted octanol–water partition coefficient (Wildman–Crippen LogP) is 1.56. The molecule has 0 saturated carbocycles. The Morgan fingerprint density at radius 3 is 2.00 bits per heavy atom. The van der Waals surface area contributed by atoms with Crippen molar-refractivity contribution in [3.8, 4) is 0 Å². The minimum Gasteiger partial charge on any atom is -0.367 e. The number of nitrogens with zero attached hydrogens (tertiary/aromatic N) is 4. The highest BCUT2D eigenvalue weighted by Gasteiger charge is 2.75. The Morgan fingerprint density at radius 2 is 1.55 bits per heavy atom. The fourth-order valence-electron chi connectivity index (χ4n) is 6.28.